The summed E-state index contributed by atoms with van der Waals surface area (Å²) in [5.41, 5.74) is 3.05. The molecular formula is C16H21N3O. The van der Waals surface area contributed by atoms with Crippen molar-refractivity contribution in [3.63, 3.8) is 0 Å². The molecule has 2 aromatic rings. The summed E-state index contributed by atoms with van der Waals surface area (Å²) in [6.45, 7) is 10.4. The first kappa shape index (κ1) is 14.3. The Balaban J connectivity index is 2.26. The average Bonchev–Trinajstić information content (AvgIpc) is 2.71. The molecule has 0 aliphatic rings. The Labute approximate surface area is 119 Å². The first-order chi connectivity index (χ1) is 9.52. The lowest BCUT2D eigenvalue weighted by Gasteiger charge is -2.10. The number of benzene rings is 1. The molecule has 0 bridgehead atoms. The van der Waals surface area contributed by atoms with Gasteiger partial charge in [-0.1, -0.05) is 12.1 Å². The van der Waals surface area contributed by atoms with Crippen molar-refractivity contribution in [2.24, 2.45) is 0 Å². The third-order valence-corrected chi connectivity index (χ3v) is 3.25. The normalized spacial score (nSPS) is 11.0. The van der Waals surface area contributed by atoms with Gasteiger partial charge in [-0.3, -0.25) is 4.79 Å². The highest BCUT2D eigenvalue weighted by Gasteiger charge is 2.11. The highest BCUT2D eigenvalue weighted by atomic mass is 16.1. The fourth-order valence-electron chi connectivity index (χ4n) is 2.46. The average molecular weight is 271 g/mol. The highest BCUT2D eigenvalue weighted by Crippen LogP contribution is 2.21. The van der Waals surface area contributed by atoms with Crippen molar-refractivity contribution in [1.82, 2.24) is 14.9 Å². The summed E-state index contributed by atoms with van der Waals surface area (Å²) in [6.07, 6.45) is 2.05. The second-order valence-corrected chi connectivity index (χ2v) is 5.22. The van der Waals surface area contributed by atoms with Crippen LogP contribution in [-0.2, 0) is 11.2 Å². The van der Waals surface area contributed by atoms with Gasteiger partial charge in [0, 0.05) is 12.6 Å². The van der Waals surface area contributed by atoms with E-state index in [0.29, 0.717) is 19.0 Å². The van der Waals surface area contributed by atoms with Gasteiger partial charge in [0.05, 0.1) is 17.5 Å². The van der Waals surface area contributed by atoms with E-state index in [0.717, 1.165) is 22.4 Å². The smallest absolute Gasteiger partial charge is 0.224 e. The molecule has 0 unspecified atom stereocenters. The standard InChI is InChI=1S/C16H21N3O/c1-5-8-17-16(20)10-13-6-7-15-14(9-13)18-12(4)19(15)11(2)3/h5-7,9,11H,1,8,10H2,2-4H3,(H,17,20). The minimum absolute atomic E-state index is 0.00395. The van der Waals surface area contributed by atoms with Crippen molar-refractivity contribution in [1.29, 1.82) is 0 Å². The molecule has 1 aromatic carbocycles. The van der Waals surface area contributed by atoms with E-state index < -0.39 is 0 Å². The number of imidazole rings is 1. The second-order valence-electron chi connectivity index (χ2n) is 5.22. The number of nitrogens with zero attached hydrogens (tertiary/aromatic N) is 2. The molecule has 20 heavy (non-hydrogen) atoms. The van der Waals surface area contributed by atoms with Gasteiger partial charge in [0.2, 0.25) is 5.91 Å². The molecule has 0 fully saturated rings. The molecule has 1 N–H and O–H groups in total. The minimum Gasteiger partial charge on any atom is -0.352 e. The maximum Gasteiger partial charge on any atom is 0.224 e. The van der Waals surface area contributed by atoms with Crippen molar-refractivity contribution >= 4 is 16.9 Å². The molecule has 0 saturated carbocycles. The summed E-state index contributed by atoms with van der Waals surface area (Å²) in [4.78, 5) is 16.3. The lowest BCUT2D eigenvalue weighted by Crippen LogP contribution is -2.24. The van der Waals surface area contributed by atoms with E-state index >= 15 is 0 Å². The number of hydrogen-bond donors (Lipinski definition) is 1. The number of fused-ring (bicyclic) bond motifs is 1. The highest BCUT2D eigenvalue weighted by molar-refractivity contribution is 5.82. The van der Waals surface area contributed by atoms with E-state index in [1.165, 1.54) is 0 Å². The largest absolute Gasteiger partial charge is 0.352 e. The van der Waals surface area contributed by atoms with Crippen LogP contribution in [0.5, 0.6) is 0 Å². The van der Waals surface area contributed by atoms with Crippen LogP contribution in [0.15, 0.2) is 30.9 Å². The van der Waals surface area contributed by atoms with E-state index in [4.69, 9.17) is 0 Å². The van der Waals surface area contributed by atoms with Crippen LogP contribution in [0.1, 0.15) is 31.3 Å². The monoisotopic (exact) mass is 271 g/mol. The number of carbonyl (C=O) groups is 1. The zero-order chi connectivity index (χ0) is 14.7. The van der Waals surface area contributed by atoms with Crippen molar-refractivity contribution in [3.05, 3.63) is 42.2 Å². The molecular weight excluding hydrogens is 250 g/mol. The molecule has 2 rings (SSSR count). The van der Waals surface area contributed by atoms with Crippen molar-refractivity contribution in [2.75, 3.05) is 6.54 Å². The fourth-order valence-corrected chi connectivity index (χ4v) is 2.46. The Bertz CT molecular complexity index is 640. The SMILES string of the molecule is C=CCNC(=O)Cc1ccc2c(c1)nc(C)n2C(C)C. The lowest BCUT2D eigenvalue weighted by molar-refractivity contribution is -0.120. The molecule has 4 nitrogen and oxygen atoms in total. The van der Waals surface area contributed by atoms with Crippen molar-refractivity contribution < 1.29 is 4.79 Å². The van der Waals surface area contributed by atoms with Crippen LogP contribution in [0.2, 0.25) is 0 Å². The fraction of sp³-hybridized carbons (Fsp3) is 0.375. The molecule has 106 valence electrons. The van der Waals surface area contributed by atoms with Gasteiger partial charge in [-0.2, -0.15) is 0 Å². The number of amides is 1. The predicted octanol–water partition coefficient (Wildman–Crippen LogP) is 2.77. The molecule has 4 heteroatoms. The zero-order valence-corrected chi connectivity index (χ0v) is 12.3. The molecule has 1 amide bonds. The summed E-state index contributed by atoms with van der Waals surface area (Å²) in [5, 5.41) is 2.78. The first-order valence-electron chi connectivity index (χ1n) is 6.88. The zero-order valence-electron chi connectivity index (χ0n) is 12.3. The van der Waals surface area contributed by atoms with Crippen LogP contribution < -0.4 is 5.32 Å². The van der Waals surface area contributed by atoms with Crippen LogP contribution in [0, 0.1) is 6.92 Å². The van der Waals surface area contributed by atoms with Gasteiger partial charge in [-0.25, -0.2) is 4.98 Å². The molecule has 0 aliphatic heterocycles. The summed E-state index contributed by atoms with van der Waals surface area (Å²) >= 11 is 0. The topological polar surface area (TPSA) is 46.9 Å². The number of hydrogen-bond acceptors (Lipinski definition) is 2. The number of carbonyl (C=O) groups excluding carboxylic acids is 1. The number of nitrogens with one attached hydrogen (secondary N) is 1. The predicted molar refractivity (Wildman–Crippen MR) is 81.8 cm³/mol. The van der Waals surface area contributed by atoms with Gasteiger partial charge in [-0.05, 0) is 38.5 Å². The lowest BCUT2D eigenvalue weighted by atomic mass is 10.1. The maximum atomic E-state index is 11.7. The van der Waals surface area contributed by atoms with Gasteiger partial charge >= 0.3 is 0 Å². The summed E-state index contributed by atoms with van der Waals surface area (Å²) in [5.74, 6) is 1.01. The summed E-state index contributed by atoms with van der Waals surface area (Å²) in [6, 6.07) is 6.41. The van der Waals surface area contributed by atoms with Gasteiger partial charge in [0.15, 0.2) is 0 Å². The van der Waals surface area contributed by atoms with Crippen LogP contribution >= 0.6 is 0 Å². The first-order valence-corrected chi connectivity index (χ1v) is 6.88. The molecule has 0 saturated heterocycles. The van der Waals surface area contributed by atoms with Gasteiger partial charge < -0.3 is 9.88 Å². The molecule has 0 aliphatic carbocycles. The summed E-state index contributed by atoms with van der Waals surface area (Å²) < 4.78 is 2.21. The molecule has 1 aromatic heterocycles. The Morgan fingerprint density at radius 2 is 2.25 bits per heavy atom. The van der Waals surface area contributed by atoms with Crippen molar-refractivity contribution in [3.8, 4) is 0 Å². The van der Waals surface area contributed by atoms with Gasteiger partial charge in [0.1, 0.15) is 5.82 Å². The molecule has 0 spiro atoms. The molecule has 0 atom stereocenters. The molecule has 0 radical (unpaired) electrons. The van der Waals surface area contributed by atoms with Gasteiger partial charge in [0.25, 0.3) is 0 Å². The van der Waals surface area contributed by atoms with Gasteiger partial charge in [-0.15, -0.1) is 6.58 Å². The third-order valence-electron chi connectivity index (χ3n) is 3.25. The summed E-state index contributed by atoms with van der Waals surface area (Å²) in [7, 11) is 0. The van der Waals surface area contributed by atoms with Crippen LogP contribution in [0.4, 0.5) is 0 Å². The Hall–Kier alpha value is -2.10. The molecule has 1 heterocycles. The van der Waals surface area contributed by atoms with Crippen LogP contribution in [-0.4, -0.2) is 22.0 Å². The second kappa shape index (κ2) is 5.90. The quantitative estimate of drug-likeness (QED) is 0.850. The van der Waals surface area contributed by atoms with Crippen molar-refractivity contribution in [2.45, 2.75) is 33.2 Å². The Kier molecular flexibility index (Phi) is 4.23. The van der Waals surface area contributed by atoms with E-state index in [9.17, 15) is 4.79 Å². The Morgan fingerprint density at radius 1 is 1.50 bits per heavy atom. The van der Waals surface area contributed by atoms with E-state index in [1.807, 2.05) is 25.1 Å². The van der Waals surface area contributed by atoms with Crippen LogP contribution in [0.3, 0.4) is 0 Å². The van der Waals surface area contributed by atoms with E-state index in [-0.39, 0.29) is 5.91 Å². The Morgan fingerprint density at radius 3 is 2.90 bits per heavy atom. The van der Waals surface area contributed by atoms with E-state index in [1.54, 1.807) is 6.08 Å². The number of aromatic nitrogens is 2. The minimum atomic E-state index is 0.00395. The number of aryl methyl sites for hydroxylation is 1. The maximum absolute atomic E-state index is 11.7. The third kappa shape index (κ3) is 2.90. The number of rotatable bonds is 5. The van der Waals surface area contributed by atoms with E-state index in [2.05, 4.69) is 35.3 Å². The van der Waals surface area contributed by atoms with Crippen LogP contribution in [0.25, 0.3) is 11.0 Å².